The largest absolute Gasteiger partial charge is 0.389 e. The van der Waals surface area contributed by atoms with Gasteiger partial charge in [0, 0.05) is 44.0 Å². The molecule has 0 spiro atoms. The molecule has 200 valence electrons. The van der Waals surface area contributed by atoms with Crippen molar-refractivity contribution in [1.29, 1.82) is 0 Å². The van der Waals surface area contributed by atoms with E-state index in [-0.39, 0.29) is 0 Å². The lowest BCUT2D eigenvalue weighted by Crippen LogP contribution is -2.30. The lowest BCUT2D eigenvalue weighted by molar-refractivity contribution is 0.0944. The SMILES string of the molecule is Cc1nc2ccc(N3CC[C@@H](F)C3)cc2nc1-c1cc2nc(N3CC[C@@H](F)C3)cc(NCC(C)(C)O)n2n1. The molecule has 4 aromatic rings. The Hall–Kier alpha value is -3.60. The van der Waals surface area contributed by atoms with Crippen molar-refractivity contribution in [3.8, 4) is 11.4 Å². The van der Waals surface area contributed by atoms with Crippen LogP contribution in [0.1, 0.15) is 32.4 Å². The van der Waals surface area contributed by atoms with Crippen LogP contribution in [0.2, 0.25) is 0 Å². The number of fused-ring (bicyclic) bond motifs is 2. The van der Waals surface area contributed by atoms with Crippen molar-refractivity contribution in [2.24, 2.45) is 0 Å². The van der Waals surface area contributed by atoms with Crippen molar-refractivity contribution in [2.75, 3.05) is 47.8 Å². The first kappa shape index (κ1) is 24.7. The highest BCUT2D eigenvalue weighted by atomic mass is 19.1. The number of aromatic nitrogens is 5. The van der Waals surface area contributed by atoms with Crippen LogP contribution in [-0.2, 0) is 0 Å². The molecule has 0 bridgehead atoms. The number of rotatable bonds is 6. The van der Waals surface area contributed by atoms with Gasteiger partial charge in [-0.25, -0.2) is 23.7 Å². The Morgan fingerprint density at radius 2 is 1.71 bits per heavy atom. The monoisotopic (exact) mass is 522 g/mol. The molecule has 2 saturated heterocycles. The molecule has 5 heterocycles. The minimum atomic E-state index is -0.945. The minimum Gasteiger partial charge on any atom is -0.389 e. The molecule has 2 aliphatic rings. The second-order valence-electron chi connectivity index (χ2n) is 11.0. The Balaban J connectivity index is 1.41. The van der Waals surface area contributed by atoms with Gasteiger partial charge in [-0.3, -0.25) is 0 Å². The molecule has 6 rings (SSSR count). The highest BCUT2D eigenvalue weighted by Crippen LogP contribution is 2.30. The third-order valence-electron chi connectivity index (χ3n) is 7.13. The zero-order chi connectivity index (χ0) is 26.6. The maximum absolute atomic E-state index is 13.9. The van der Waals surface area contributed by atoms with Crippen LogP contribution in [0.4, 0.5) is 26.1 Å². The number of hydrogen-bond donors (Lipinski definition) is 2. The molecular weight excluding hydrogens is 490 g/mol. The zero-order valence-electron chi connectivity index (χ0n) is 21.8. The first-order valence-corrected chi connectivity index (χ1v) is 13.1. The molecule has 2 atom stereocenters. The molecule has 3 aromatic heterocycles. The molecule has 0 saturated carbocycles. The predicted molar refractivity (Wildman–Crippen MR) is 144 cm³/mol. The number of nitrogens with zero attached hydrogens (tertiary/aromatic N) is 7. The summed E-state index contributed by atoms with van der Waals surface area (Å²) >= 11 is 0. The minimum absolute atomic E-state index is 0.292. The van der Waals surface area contributed by atoms with Crippen LogP contribution >= 0.6 is 0 Å². The highest BCUT2D eigenvalue weighted by molar-refractivity contribution is 5.82. The summed E-state index contributed by atoms with van der Waals surface area (Å²) in [6, 6.07) is 9.53. The van der Waals surface area contributed by atoms with Crippen LogP contribution < -0.4 is 15.1 Å². The molecule has 38 heavy (non-hydrogen) atoms. The second kappa shape index (κ2) is 9.30. The number of aliphatic hydroxyl groups is 1. The molecule has 9 nitrogen and oxygen atoms in total. The van der Waals surface area contributed by atoms with Gasteiger partial charge in [0.05, 0.1) is 28.9 Å². The average Bonchev–Trinajstić information content (AvgIpc) is 3.60. The van der Waals surface area contributed by atoms with Crippen LogP contribution in [0, 0.1) is 6.92 Å². The highest BCUT2D eigenvalue weighted by Gasteiger charge is 2.26. The van der Waals surface area contributed by atoms with Gasteiger partial charge in [-0.2, -0.15) is 9.61 Å². The quantitative estimate of drug-likeness (QED) is 0.394. The zero-order valence-corrected chi connectivity index (χ0v) is 21.8. The second-order valence-corrected chi connectivity index (χ2v) is 11.0. The van der Waals surface area contributed by atoms with Gasteiger partial charge < -0.3 is 20.2 Å². The van der Waals surface area contributed by atoms with Crippen LogP contribution in [0.15, 0.2) is 30.3 Å². The predicted octanol–water partition coefficient (Wildman–Crippen LogP) is 3.93. The van der Waals surface area contributed by atoms with Crippen LogP contribution in [0.3, 0.4) is 0 Å². The van der Waals surface area contributed by atoms with Gasteiger partial charge in [0.2, 0.25) is 0 Å². The molecule has 11 heteroatoms. The summed E-state index contributed by atoms with van der Waals surface area (Å²) in [5.41, 5.74) is 4.00. The van der Waals surface area contributed by atoms with E-state index in [0.717, 1.165) is 16.9 Å². The van der Waals surface area contributed by atoms with Crippen molar-refractivity contribution < 1.29 is 13.9 Å². The van der Waals surface area contributed by atoms with E-state index in [0.29, 0.717) is 79.8 Å². The number of aryl methyl sites for hydroxylation is 1. The van der Waals surface area contributed by atoms with E-state index in [4.69, 9.17) is 20.1 Å². The molecule has 2 fully saturated rings. The molecule has 0 unspecified atom stereocenters. The fraction of sp³-hybridized carbons (Fsp3) is 0.481. The fourth-order valence-corrected chi connectivity index (χ4v) is 5.12. The van der Waals surface area contributed by atoms with E-state index in [1.807, 2.05) is 47.1 Å². The number of alkyl halides is 2. The number of hydrogen-bond acceptors (Lipinski definition) is 8. The summed E-state index contributed by atoms with van der Waals surface area (Å²) in [5, 5.41) is 18.4. The standard InChI is InChI=1S/C27H32F2N8O/c1-16-26(32-21-10-19(4-5-20(21)31-16)35-8-6-17(28)13-35)22-11-25-33-24(36-9-7-18(29)14-36)12-23(37(25)34-22)30-15-27(2,3)38/h4-5,10-12,17-18,30,38H,6-9,13-15H2,1-3H3/t17-,18-/m1/s1. The normalized spacial score (nSPS) is 20.3. The van der Waals surface area contributed by atoms with Gasteiger partial charge >= 0.3 is 0 Å². The van der Waals surface area contributed by atoms with Crippen molar-refractivity contribution in [3.63, 3.8) is 0 Å². The van der Waals surface area contributed by atoms with Gasteiger partial charge in [0.1, 0.15) is 35.4 Å². The molecule has 0 radical (unpaired) electrons. The van der Waals surface area contributed by atoms with E-state index >= 15 is 0 Å². The molecular formula is C27H32F2N8O. The molecule has 1 aromatic carbocycles. The lowest BCUT2D eigenvalue weighted by atomic mass is 10.1. The first-order valence-electron chi connectivity index (χ1n) is 13.1. The van der Waals surface area contributed by atoms with E-state index < -0.39 is 17.9 Å². The summed E-state index contributed by atoms with van der Waals surface area (Å²) in [6.07, 6.45) is -0.678. The van der Waals surface area contributed by atoms with Gasteiger partial charge in [-0.05, 0) is 51.8 Å². The topological polar surface area (TPSA) is 94.7 Å². The van der Waals surface area contributed by atoms with Gasteiger partial charge in [-0.1, -0.05) is 0 Å². The fourth-order valence-electron chi connectivity index (χ4n) is 5.12. The Kier molecular flexibility index (Phi) is 6.05. The first-order chi connectivity index (χ1) is 18.1. The van der Waals surface area contributed by atoms with Gasteiger partial charge in [0.15, 0.2) is 5.65 Å². The molecule has 0 aliphatic carbocycles. The number of benzene rings is 1. The molecule has 2 N–H and O–H groups in total. The summed E-state index contributed by atoms with van der Waals surface area (Å²) < 4.78 is 29.4. The molecule has 0 amide bonds. The third kappa shape index (κ3) is 4.82. The van der Waals surface area contributed by atoms with Crippen molar-refractivity contribution in [2.45, 2.75) is 51.6 Å². The van der Waals surface area contributed by atoms with Crippen LogP contribution in [0.25, 0.3) is 28.1 Å². The Morgan fingerprint density at radius 1 is 0.974 bits per heavy atom. The maximum Gasteiger partial charge on any atom is 0.160 e. The van der Waals surface area contributed by atoms with Gasteiger partial charge in [0.25, 0.3) is 0 Å². The van der Waals surface area contributed by atoms with E-state index in [2.05, 4.69) is 5.32 Å². The van der Waals surface area contributed by atoms with Crippen LogP contribution in [-0.4, -0.2) is 80.3 Å². The number of anilines is 3. The summed E-state index contributed by atoms with van der Waals surface area (Å²) in [7, 11) is 0. The van der Waals surface area contributed by atoms with Gasteiger partial charge in [-0.15, -0.1) is 0 Å². The average molecular weight is 523 g/mol. The van der Waals surface area contributed by atoms with E-state index in [1.54, 1.807) is 18.4 Å². The third-order valence-corrected chi connectivity index (χ3v) is 7.13. The lowest BCUT2D eigenvalue weighted by Gasteiger charge is -2.21. The van der Waals surface area contributed by atoms with Crippen molar-refractivity contribution in [3.05, 3.63) is 36.0 Å². The maximum atomic E-state index is 13.9. The van der Waals surface area contributed by atoms with Crippen molar-refractivity contribution in [1.82, 2.24) is 24.6 Å². The summed E-state index contributed by atoms with van der Waals surface area (Å²) in [6.45, 7) is 7.59. The Labute approximate surface area is 219 Å². The number of halogens is 2. The summed E-state index contributed by atoms with van der Waals surface area (Å²) in [4.78, 5) is 18.4. The Bertz CT molecular complexity index is 1500. The molecule has 2 aliphatic heterocycles. The summed E-state index contributed by atoms with van der Waals surface area (Å²) in [5.74, 6) is 1.30. The number of nitrogens with one attached hydrogen (secondary N) is 1. The van der Waals surface area contributed by atoms with E-state index in [9.17, 15) is 13.9 Å². The smallest absolute Gasteiger partial charge is 0.160 e. The van der Waals surface area contributed by atoms with Crippen molar-refractivity contribution >= 4 is 34.0 Å². The Morgan fingerprint density at radius 3 is 2.39 bits per heavy atom. The van der Waals surface area contributed by atoms with E-state index in [1.165, 1.54) is 0 Å². The van der Waals surface area contributed by atoms with Crippen LogP contribution in [0.5, 0.6) is 0 Å².